The largest absolute Gasteiger partial charge is 0.370 e. The summed E-state index contributed by atoms with van der Waals surface area (Å²) < 4.78 is 27.2. The Morgan fingerprint density at radius 2 is 1.85 bits per heavy atom. The van der Waals surface area contributed by atoms with Crippen molar-refractivity contribution < 1.29 is 13.9 Å². The van der Waals surface area contributed by atoms with Crippen LogP contribution in [0.4, 0.5) is 4.39 Å². The molecular formula is C16H30FNO2. The lowest BCUT2D eigenvalue weighted by molar-refractivity contribution is -0.0821. The number of hydrogen-bond acceptors (Lipinski definition) is 3. The molecule has 2 heterocycles. The van der Waals surface area contributed by atoms with Gasteiger partial charge in [0.15, 0.2) is 5.67 Å². The number of hydrogen-bond donors (Lipinski definition) is 1. The first-order chi connectivity index (χ1) is 9.11. The molecule has 0 bridgehead atoms. The number of nitrogens with one attached hydrogen (secondary N) is 1. The summed E-state index contributed by atoms with van der Waals surface area (Å²) >= 11 is 0. The van der Waals surface area contributed by atoms with Gasteiger partial charge in [-0.25, -0.2) is 4.39 Å². The molecule has 4 heteroatoms. The Kier molecular flexibility index (Phi) is 4.22. The van der Waals surface area contributed by atoms with E-state index in [1.165, 1.54) is 0 Å². The van der Waals surface area contributed by atoms with E-state index in [4.69, 9.17) is 9.47 Å². The fourth-order valence-corrected chi connectivity index (χ4v) is 3.60. The molecule has 2 saturated heterocycles. The van der Waals surface area contributed by atoms with Crippen LogP contribution in [0.25, 0.3) is 0 Å². The smallest absolute Gasteiger partial charge is 0.167 e. The van der Waals surface area contributed by atoms with E-state index < -0.39 is 17.2 Å². The Labute approximate surface area is 122 Å². The highest BCUT2D eigenvalue weighted by atomic mass is 19.1. The van der Waals surface area contributed by atoms with Gasteiger partial charge in [-0.3, -0.25) is 0 Å². The number of halogens is 1. The summed E-state index contributed by atoms with van der Waals surface area (Å²) in [6, 6.07) is 0.0788. The number of fused-ring (bicyclic) bond motifs is 1. The van der Waals surface area contributed by atoms with Crippen molar-refractivity contribution in [2.24, 2.45) is 5.41 Å². The Hall–Kier alpha value is -0.190. The van der Waals surface area contributed by atoms with E-state index in [-0.39, 0.29) is 24.3 Å². The summed E-state index contributed by atoms with van der Waals surface area (Å²) in [6.45, 7) is 13.1. The molecule has 0 aromatic heterocycles. The average molecular weight is 287 g/mol. The normalized spacial score (nSPS) is 38.2. The van der Waals surface area contributed by atoms with Gasteiger partial charge in [0.25, 0.3) is 0 Å². The van der Waals surface area contributed by atoms with Crippen molar-refractivity contribution in [1.29, 1.82) is 0 Å². The predicted octanol–water partition coefficient (Wildman–Crippen LogP) is 3.08. The first-order valence-corrected chi connectivity index (χ1v) is 7.80. The molecule has 118 valence electrons. The first-order valence-electron chi connectivity index (χ1n) is 7.80. The predicted molar refractivity (Wildman–Crippen MR) is 78.7 cm³/mol. The van der Waals surface area contributed by atoms with Gasteiger partial charge in [-0.1, -0.05) is 27.2 Å². The van der Waals surface area contributed by atoms with Crippen molar-refractivity contribution in [1.82, 2.24) is 5.32 Å². The molecule has 0 radical (unpaired) electrons. The molecule has 2 aliphatic rings. The van der Waals surface area contributed by atoms with Gasteiger partial charge in [0.2, 0.25) is 0 Å². The number of ether oxygens (including phenoxy) is 2. The first kappa shape index (κ1) is 16.2. The van der Waals surface area contributed by atoms with E-state index in [0.717, 1.165) is 12.8 Å². The van der Waals surface area contributed by atoms with Crippen LogP contribution in [0.2, 0.25) is 0 Å². The highest BCUT2D eigenvalue weighted by Gasteiger charge is 2.63. The maximum absolute atomic E-state index is 15.6. The van der Waals surface area contributed by atoms with E-state index >= 15 is 4.39 Å². The summed E-state index contributed by atoms with van der Waals surface area (Å²) in [4.78, 5) is 0. The Morgan fingerprint density at radius 3 is 2.40 bits per heavy atom. The molecule has 3 nitrogen and oxygen atoms in total. The molecule has 2 fully saturated rings. The average Bonchev–Trinajstić information content (AvgIpc) is 2.81. The fourth-order valence-electron chi connectivity index (χ4n) is 3.60. The van der Waals surface area contributed by atoms with E-state index in [1.807, 2.05) is 13.8 Å². The molecule has 1 unspecified atom stereocenters. The molecule has 2 rings (SSSR count). The number of alkyl halides is 1. The summed E-state index contributed by atoms with van der Waals surface area (Å²) in [6.07, 6.45) is 1.20. The van der Waals surface area contributed by atoms with Crippen molar-refractivity contribution in [3.63, 3.8) is 0 Å². The molecule has 0 aromatic carbocycles. The fraction of sp³-hybridized carbons (Fsp3) is 1.00. The highest BCUT2D eigenvalue weighted by Crippen LogP contribution is 2.49. The van der Waals surface area contributed by atoms with Crippen molar-refractivity contribution in [3.8, 4) is 0 Å². The van der Waals surface area contributed by atoms with Gasteiger partial charge in [0, 0.05) is 11.0 Å². The molecule has 2 aliphatic heterocycles. The minimum absolute atomic E-state index is 0.0211. The Morgan fingerprint density at radius 1 is 1.20 bits per heavy atom. The van der Waals surface area contributed by atoms with E-state index in [0.29, 0.717) is 6.61 Å². The van der Waals surface area contributed by atoms with E-state index in [9.17, 15) is 0 Å². The van der Waals surface area contributed by atoms with Crippen LogP contribution >= 0.6 is 0 Å². The molecule has 0 amide bonds. The summed E-state index contributed by atoms with van der Waals surface area (Å²) in [5, 5.41) is 3.49. The molecule has 4 atom stereocenters. The minimum atomic E-state index is -1.39. The minimum Gasteiger partial charge on any atom is -0.370 e. The summed E-state index contributed by atoms with van der Waals surface area (Å²) in [5.74, 6) is 0. The van der Waals surface area contributed by atoms with Crippen LogP contribution in [-0.2, 0) is 9.47 Å². The van der Waals surface area contributed by atoms with Crippen LogP contribution in [0, 0.1) is 5.41 Å². The topological polar surface area (TPSA) is 30.5 Å². The van der Waals surface area contributed by atoms with Crippen LogP contribution < -0.4 is 5.32 Å². The van der Waals surface area contributed by atoms with Gasteiger partial charge >= 0.3 is 0 Å². The Balaban J connectivity index is 2.13. The SMILES string of the molecule is CCCC(C)(C)C1(F)CO[C@@H]2[C@H](NC(C)(C)C)CO[C@@H]21. The van der Waals surface area contributed by atoms with Gasteiger partial charge < -0.3 is 14.8 Å². The highest BCUT2D eigenvalue weighted by molar-refractivity contribution is 5.12. The van der Waals surface area contributed by atoms with Crippen molar-refractivity contribution in [2.45, 2.75) is 83.8 Å². The van der Waals surface area contributed by atoms with Gasteiger partial charge in [-0.2, -0.15) is 0 Å². The Bertz CT molecular complexity index is 353. The summed E-state index contributed by atoms with van der Waals surface area (Å²) in [5.41, 5.74) is -1.83. The molecule has 0 aromatic rings. The van der Waals surface area contributed by atoms with Crippen LogP contribution in [0.15, 0.2) is 0 Å². The monoisotopic (exact) mass is 287 g/mol. The van der Waals surface area contributed by atoms with Crippen LogP contribution in [0.1, 0.15) is 54.4 Å². The maximum atomic E-state index is 15.6. The van der Waals surface area contributed by atoms with Gasteiger partial charge in [0.1, 0.15) is 12.2 Å². The van der Waals surface area contributed by atoms with Crippen molar-refractivity contribution in [3.05, 3.63) is 0 Å². The number of rotatable bonds is 4. The zero-order valence-electron chi connectivity index (χ0n) is 13.8. The zero-order chi connectivity index (χ0) is 15.2. The second-order valence-electron chi connectivity index (χ2n) is 8.03. The molecule has 0 spiro atoms. The lowest BCUT2D eigenvalue weighted by atomic mass is 9.70. The summed E-state index contributed by atoms with van der Waals surface area (Å²) in [7, 11) is 0. The van der Waals surface area contributed by atoms with Gasteiger partial charge in [0.05, 0.1) is 19.3 Å². The van der Waals surface area contributed by atoms with Crippen molar-refractivity contribution >= 4 is 0 Å². The van der Waals surface area contributed by atoms with Gasteiger partial charge in [-0.15, -0.1) is 0 Å². The maximum Gasteiger partial charge on any atom is 0.167 e. The molecule has 0 saturated carbocycles. The van der Waals surface area contributed by atoms with Crippen molar-refractivity contribution in [2.75, 3.05) is 13.2 Å². The second kappa shape index (κ2) is 5.22. The molecule has 0 aliphatic carbocycles. The van der Waals surface area contributed by atoms with Crippen LogP contribution in [0.3, 0.4) is 0 Å². The standard InChI is InChI=1S/C16H30FNO2/c1-7-8-15(5,6)16(17)10-20-12-11(9-19-13(12)16)18-14(2,3)4/h11-13,18H,7-10H2,1-6H3/t11-,12-,13+,16?/m1/s1. The third-order valence-electron chi connectivity index (χ3n) is 4.71. The second-order valence-corrected chi connectivity index (χ2v) is 8.03. The van der Waals surface area contributed by atoms with Gasteiger partial charge in [-0.05, 0) is 27.2 Å². The van der Waals surface area contributed by atoms with Crippen LogP contribution in [0.5, 0.6) is 0 Å². The molecular weight excluding hydrogens is 257 g/mol. The quantitative estimate of drug-likeness (QED) is 0.862. The molecule has 20 heavy (non-hydrogen) atoms. The third kappa shape index (κ3) is 2.75. The molecule has 1 N–H and O–H groups in total. The van der Waals surface area contributed by atoms with E-state index in [1.54, 1.807) is 0 Å². The van der Waals surface area contributed by atoms with E-state index in [2.05, 4.69) is 33.0 Å². The van der Waals surface area contributed by atoms with Crippen LogP contribution in [-0.4, -0.2) is 42.7 Å². The zero-order valence-corrected chi connectivity index (χ0v) is 13.8. The lowest BCUT2D eigenvalue weighted by Crippen LogP contribution is -2.53. The lowest BCUT2D eigenvalue weighted by Gasteiger charge is -2.39. The third-order valence-corrected chi connectivity index (χ3v) is 4.71.